The summed E-state index contributed by atoms with van der Waals surface area (Å²) < 4.78 is 16.9. The van der Waals surface area contributed by atoms with E-state index in [2.05, 4.69) is 0 Å². The van der Waals surface area contributed by atoms with Crippen molar-refractivity contribution >= 4 is 23.2 Å². The van der Waals surface area contributed by atoms with Gasteiger partial charge in [-0.2, -0.15) is 0 Å². The maximum Gasteiger partial charge on any atom is 0.161 e. The van der Waals surface area contributed by atoms with Crippen LogP contribution < -0.4 is 14.2 Å². The van der Waals surface area contributed by atoms with E-state index in [4.69, 9.17) is 37.4 Å². The van der Waals surface area contributed by atoms with Crippen LogP contribution in [0.3, 0.4) is 0 Å². The summed E-state index contributed by atoms with van der Waals surface area (Å²) >= 11 is 12.0. The molecule has 23 heavy (non-hydrogen) atoms. The highest BCUT2D eigenvalue weighted by Crippen LogP contribution is 2.28. The Balaban J connectivity index is 1.69. The van der Waals surface area contributed by atoms with Gasteiger partial charge in [0.15, 0.2) is 11.5 Å². The van der Waals surface area contributed by atoms with Crippen molar-refractivity contribution in [2.24, 2.45) is 0 Å². The molecule has 2 aromatic carbocycles. The monoisotopic (exact) mass is 354 g/mol. The number of hydrogen-bond acceptors (Lipinski definition) is 3. The van der Waals surface area contributed by atoms with Gasteiger partial charge in [-0.1, -0.05) is 35.3 Å². The number of ether oxygens (including phenoxy) is 3. The summed E-state index contributed by atoms with van der Waals surface area (Å²) in [7, 11) is 0. The third-order valence-electron chi connectivity index (χ3n) is 3.10. The van der Waals surface area contributed by atoms with Crippen molar-refractivity contribution in [2.45, 2.75) is 19.8 Å². The quantitative estimate of drug-likeness (QED) is 0.546. The van der Waals surface area contributed by atoms with Crippen LogP contribution in [0.4, 0.5) is 0 Å². The van der Waals surface area contributed by atoms with Crippen molar-refractivity contribution in [1.82, 2.24) is 0 Å². The van der Waals surface area contributed by atoms with E-state index in [1.807, 2.05) is 31.2 Å². The van der Waals surface area contributed by atoms with Crippen molar-refractivity contribution in [3.63, 3.8) is 0 Å². The van der Waals surface area contributed by atoms with Gasteiger partial charge in [0.1, 0.15) is 5.75 Å². The van der Waals surface area contributed by atoms with Crippen molar-refractivity contribution in [3.8, 4) is 17.2 Å². The second-order valence-electron chi connectivity index (χ2n) is 4.86. The lowest BCUT2D eigenvalue weighted by atomic mass is 10.3. The lowest BCUT2D eigenvalue weighted by Gasteiger charge is -2.12. The number of para-hydroxylation sites is 2. The lowest BCUT2D eigenvalue weighted by Crippen LogP contribution is -2.04. The molecule has 0 fully saturated rings. The molecule has 2 rings (SSSR count). The standard InChI is InChI=1S/C18H20Cl2O3/c1-2-21-16-7-3-4-8-17(16)22-11-5-6-12-23-18-13-14(19)9-10-15(18)20/h3-4,7-10,13H,2,5-6,11-12H2,1H3. The molecule has 0 radical (unpaired) electrons. The van der Waals surface area contributed by atoms with Crippen molar-refractivity contribution < 1.29 is 14.2 Å². The highest BCUT2D eigenvalue weighted by atomic mass is 35.5. The molecule has 0 aromatic heterocycles. The summed E-state index contributed by atoms with van der Waals surface area (Å²) in [5.41, 5.74) is 0. The topological polar surface area (TPSA) is 27.7 Å². The third-order valence-corrected chi connectivity index (χ3v) is 3.64. The molecule has 0 unspecified atom stereocenters. The molecule has 0 aliphatic rings. The van der Waals surface area contributed by atoms with E-state index in [0.29, 0.717) is 35.6 Å². The van der Waals surface area contributed by atoms with E-state index in [1.54, 1.807) is 18.2 Å². The average molecular weight is 355 g/mol. The summed E-state index contributed by atoms with van der Waals surface area (Å²) in [6, 6.07) is 12.9. The Bertz CT molecular complexity index is 617. The first kappa shape index (κ1) is 17.8. The number of unbranched alkanes of at least 4 members (excludes halogenated alkanes) is 1. The zero-order chi connectivity index (χ0) is 16.5. The van der Waals surface area contributed by atoms with E-state index >= 15 is 0 Å². The van der Waals surface area contributed by atoms with Gasteiger partial charge in [0, 0.05) is 11.1 Å². The van der Waals surface area contributed by atoms with Gasteiger partial charge in [0.25, 0.3) is 0 Å². The summed E-state index contributed by atoms with van der Waals surface area (Å²) in [6.45, 7) is 3.75. The van der Waals surface area contributed by atoms with Gasteiger partial charge in [-0.3, -0.25) is 0 Å². The van der Waals surface area contributed by atoms with Gasteiger partial charge in [-0.15, -0.1) is 0 Å². The Morgan fingerprint density at radius 2 is 1.39 bits per heavy atom. The summed E-state index contributed by atoms with van der Waals surface area (Å²) in [5.74, 6) is 2.16. The maximum absolute atomic E-state index is 6.04. The molecule has 0 N–H and O–H groups in total. The van der Waals surface area contributed by atoms with E-state index in [0.717, 1.165) is 24.3 Å². The Kier molecular flexibility index (Phi) is 7.37. The lowest BCUT2D eigenvalue weighted by molar-refractivity contribution is 0.252. The van der Waals surface area contributed by atoms with Crippen LogP contribution in [-0.2, 0) is 0 Å². The number of benzene rings is 2. The fraction of sp³-hybridized carbons (Fsp3) is 0.333. The van der Waals surface area contributed by atoms with Crippen LogP contribution in [-0.4, -0.2) is 19.8 Å². The van der Waals surface area contributed by atoms with E-state index < -0.39 is 0 Å². The van der Waals surface area contributed by atoms with E-state index in [-0.39, 0.29) is 0 Å². The molecule has 0 saturated carbocycles. The Morgan fingerprint density at radius 3 is 2.04 bits per heavy atom. The van der Waals surface area contributed by atoms with Gasteiger partial charge in [0.05, 0.1) is 24.8 Å². The molecule has 0 saturated heterocycles. The molecule has 3 nitrogen and oxygen atoms in total. The fourth-order valence-electron chi connectivity index (χ4n) is 2.00. The SMILES string of the molecule is CCOc1ccccc1OCCCCOc1cc(Cl)ccc1Cl. The minimum atomic E-state index is 0.566. The molecule has 5 heteroatoms. The first-order chi connectivity index (χ1) is 11.2. The highest BCUT2D eigenvalue weighted by molar-refractivity contribution is 6.34. The minimum Gasteiger partial charge on any atom is -0.492 e. The van der Waals surface area contributed by atoms with Crippen molar-refractivity contribution in [3.05, 3.63) is 52.5 Å². The van der Waals surface area contributed by atoms with E-state index in [9.17, 15) is 0 Å². The highest BCUT2D eigenvalue weighted by Gasteiger charge is 2.04. The van der Waals surface area contributed by atoms with Crippen LogP contribution in [0.2, 0.25) is 10.0 Å². The zero-order valence-corrected chi connectivity index (χ0v) is 14.6. The maximum atomic E-state index is 6.04. The third kappa shape index (κ3) is 5.85. The second kappa shape index (κ2) is 9.53. The molecule has 0 atom stereocenters. The fourth-order valence-corrected chi connectivity index (χ4v) is 2.33. The Labute approximate surface area is 147 Å². The van der Waals surface area contributed by atoms with Crippen LogP contribution in [0.1, 0.15) is 19.8 Å². The summed E-state index contributed by atoms with van der Waals surface area (Å²) in [5, 5.41) is 1.18. The van der Waals surface area contributed by atoms with Gasteiger partial charge in [0.2, 0.25) is 0 Å². The van der Waals surface area contributed by atoms with Gasteiger partial charge in [-0.25, -0.2) is 0 Å². The Hall–Kier alpha value is -1.58. The molecular weight excluding hydrogens is 335 g/mol. The van der Waals surface area contributed by atoms with Crippen LogP contribution >= 0.6 is 23.2 Å². The van der Waals surface area contributed by atoms with Crippen molar-refractivity contribution in [2.75, 3.05) is 19.8 Å². The molecule has 0 heterocycles. The zero-order valence-electron chi connectivity index (χ0n) is 13.1. The molecule has 0 bridgehead atoms. The first-order valence-electron chi connectivity index (χ1n) is 7.63. The normalized spacial score (nSPS) is 10.4. The Morgan fingerprint density at radius 1 is 0.783 bits per heavy atom. The van der Waals surface area contributed by atoms with Crippen molar-refractivity contribution in [1.29, 1.82) is 0 Å². The molecule has 2 aromatic rings. The summed E-state index contributed by atoms with van der Waals surface area (Å²) in [6.07, 6.45) is 1.73. The molecule has 0 aliphatic heterocycles. The minimum absolute atomic E-state index is 0.566. The van der Waals surface area contributed by atoms with Crippen LogP contribution in [0.25, 0.3) is 0 Å². The number of rotatable bonds is 9. The predicted molar refractivity (Wildman–Crippen MR) is 94.3 cm³/mol. The van der Waals surface area contributed by atoms with Gasteiger partial charge in [-0.05, 0) is 44.0 Å². The molecular formula is C18H20Cl2O3. The second-order valence-corrected chi connectivity index (χ2v) is 5.70. The van der Waals surface area contributed by atoms with Crippen LogP contribution in [0, 0.1) is 0 Å². The molecule has 0 amide bonds. The smallest absolute Gasteiger partial charge is 0.161 e. The van der Waals surface area contributed by atoms with Crippen LogP contribution in [0.5, 0.6) is 17.2 Å². The van der Waals surface area contributed by atoms with Gasteiger partial charge >= 0.3 is 0 Å². The summed E-state index contributed by atoms with van der Waals surface area (Å²) in [4.78, 5) is 0. The largest absolute Gasteiger partial charge is 0.492 e. The van der Waals surface area contributed by atoms with E-state index in [1.165, 1.54) is 0 Å². The number of halogens is 2. The molecule has 124 valence electrons. The van der Waals surface area contributed by atoms with Crippen LogP contribution in [0.15, 0.2) is 42.5 Å². The van der Waals surface area contributed by atoms with Gasteiger partial charge < -0.3 is 14.2 Å². The average Bonchev–Trinajstić information content (AvgIpc) is 2.55. The molecule has 0 aliphatic carbocycles. The predicted octanol–water partition coefficient (Wildman–Crippen LogP) is 5.63. The first-order valence-corrected chi connectivity index (χ1v) is 8.38. The molecule has 0 spiro atoms. The number of hydrogen-bond donors (Lipinski definition) is 0.